The fourth-order valence-corrected chi connectivity index (χ4v) is 8.24. The molecule has 0 saturated heterocycles. The van der Waals surface area contributed by atoms with Gasteiger partial charge in [0.05, 0.1) is 0 Å². The molecule has 94 valence electrons. The molecule has 15 heavy (non-hydrogen) atoms. The molecule has 0 heterocycles. The molecule has 0 aliphatic rings. The Hall–Kier alpha value is 1.01. The average molecular weight is 273 g/mol. The molecule has 0 bridgehead atoms. The van der Waals surface area contributed by atoms with Gasteiger partial charge in [-0.3, -0.25) is 0 Å². The third kappa shape index (κ3) is 2.64. The summed E-state index contributed by atoms with van der Waals surface area (Å²) in [5, 5.41) is -2.82. The molecule has 0 aromatic carbocycles. The van der Waals surface area contributed by atoms with Crippen molar-refractivity contribution in [2.45, 2.75) is 65.7 Å². The van der Waals surface area contributed by atoms with Gasteiger partial charge in [-0.2, -0.15) is 0 Å². The summed E-state index contributed by atoms with van der Waals surface area (Å²) < 4.78 is 0. The van der Waals surface area contributed by atoms with Crippen LogP contribution in [0.4, 0.5) is 0 Å². The third-order valence-electron chi connectivity index (χ3n) is 3.32. The predicted octanol–water partition coefficient (Wildman–Crippen LogP) is 6.10. The molecule has 0 saturated carbocycles. The maximum absolute atomic E-state index is 7.04. The predicted molar refractivity (Wildman–Crippen MR) is 77.8 cm³/mol. The molecule has 0 aliphatic carbocycles. The van der Waals surface area contributed by atoms with Crippen molar-refractivity contribution < 1.29 is 0 Å². The van der Waals surface area contributed by atoms with E-state index >= 15 is 0 Å². The summed E-state index contributed by atoms with van der Waals surface area (Å²) >= 11 is 14.1. The van der Waals surface area contributed by atoms with E-state index in [9.17, 15) is 0 Å². The molecule has 0 fully saturated rings. The molecule has 0 rings (SSSR count). The second-order valence-electron chi connectivity index (χ2n) is 6.99. The molecule has 0 unspecified atom stereocenters. The van der Waals surface area contributed by atoms with Gasteiger partial charge >= 0.3 is 106 Å². The van der Waals surface area contributed by atoms with Gasteiger partial charge < -0.3 is 0 Å². The normalized spacial score (nSPS) is 17.7. The van der Waals surface area contributed by atoms with Crippen molar-refractivity contribution in [1.82, 2.24) is 0 Å². The van der Waals surface area contributed by atoms with Gasteiger partial charge in [-0.15, -0.1) is 0 Å². The van der Waals surface area contributed by atoms with Crippen molar-refractivity contribution in [3.63, 3.8) is 0 Å². The molecule has 0 amide bonds. The van der Waals surface area contributed by atoms with Crippen LogP contribution >= 0.6 is 27.8 Å². The van der Waals surface area contributed by atoms with Gasteiger partial charge in [0, 0.05) is 0 Å². The summed E-state index contributed by atoms with van der Waals surface area (Å²) in [6.07, 6.45) is 0.932. The first-order chi connectivity index (χ1) is 6.22. The van der Waals surface area contributed by atoms with Crippen molar-refractivity contribution in [1.29, 1.82) is 0 Å². The fourth-order valence-electron chi connectivity index (χ4n) is 2.20. The molecule has 0 N–H and O–H groups in total. The van der Waals surface area contributed by atoms with E-state index in [-0.39, 0.29) is 10.3 Å². The monoisotopic (exact) mass is 272 g/mol. The van der Waals surface area contributed by atoms with Gasteiger partial charge in [0.25, 0.3) is 0 Å². The van der Waals surface area contributed by atoms with Crippen LogP contribution in [-0.4, -0.2) is 16.5 Å². The van der Waals surface area contributed by atoms with Crippen molar-refractivity contribution >= 4 is 27.8 Å². The number of rotatable bonds is 2. The standard InChI is InChI=1S/C12H27Cl2P/c1-10(2)9-15(13,14,11(3,4)5)12(6,7)8/h10H,9H2,1-8H3. The zero-order chi connectivity index (χ0) is 12.7. The van der Waals surface area contributed by atoms with E-state index in [2.05, 4.69) is 55.4 Å². The fraction of sp³-hybridized carbons (Fsp3) is 1.00. The van der Waals surface area contributed by atoms with E-state index in [1.54, 1.807) is 0 Å². The molecular weight excluding hydrogens is 246 g/mol. The van der Waals surface area contributed by atoms with Gasteiger partial charge in [-0.25, -0.2) is 0 Å². The molecule has 0 aliphatic heterocycles. The van der Waals surface area contributed by atoms with E-state index in [0.29, 0.717) is 5.92 Å². The first-order valence-corrected chi connectivity index (χ1v) is 9.90. The minimum atomic E-state index is -2.76. The first kappa shape index (κ1) is 16.0. The van der Waals surface area contributed by atoms with Crippen LogP contribution in [0, 0.1) is 5.92 Å². The molecule has 0 radical (unpaired) electrons. The van der Waals surface area contributed by atoms with Gasteiger partial charge in [0.2, 0.25) is 0 Å². The zero-order valence-electron chi connectivity index (χ0n) is 11.5. The van der Waals surface area contributed by atoms with E-state index in [0.717, 1.165) is 6.16 Å². The van der Waals surface area contributed by atoms with E-state index in [4.69, 9.17) is 22.5 Å². The minimum absolute atomic E-state index is 0.0305. The van der Waals surface area contributed by atoms with E-state index in [1.165, 1.54) is 0 Å². The summed E-state index contributed by atoms with van der Waals surface area (Å²) in [5.74, 6) is 0.538. The van der Waals surface area contributed by atoms with Crippen LogP contribution in [0.25, 0.3) is 0 Å². The Morgan fingerprint density at radius 3 is 1.20 bits per heavy atom. The van der Waals surface area contributed by atoms with Crippen molar-refractivity contribution in [2.75, 3.05) is 6.16 Å². The summed E-state index contributed by atoms with van der Waals surface area (Å²) in [6.45, 7) is 17.5. The van der Waals surface area contributed by atoms with Crippen LogP contribution in [0.15, 0.2) is 0 Å². The van der Waals surface area contributed by atoms with Crippen LogP contribution in [0.3, 0.4) is 0 Å². The summed E-state index contributed by atoms with van der Waals surface area (Å²) in [5.41, 5.74) is 0. The van der Waals surface area contributed by atoms with Gasteiger partial charge in [0.15, 0.2) is 0 Å². The quantitative estimate of drug-likeness (QED) is 0.533. The van der Waals surface area contributed by atoms with E-state index in [1.807, 2.05) is 0 Å². The topological polar surface area (TPSA) is 0 Å². The molecule has 0 nitrogen and oxygen atoms in total. The molecule has 0 aromatic rings. The van der Waals surface area contributed by atoms with Crippen LogP contribution in [0.1, 0.15) is 55.4 Å². The Kier molecular flexibility index (Phi) is 4.31. The molecule has 3 heteroatoms. The Labute approximate surface area is 106 Å². The van der Waals surface area contributed by atoms with Gasteiger partial charge in [0.1, 0.15) is 0 Å². The van der Waals surface area contributed by atoms with Crippen LogP contribution in [-0.2, 0) is 0 Å². The second-order valence-corrected chi connectivity index (χ2v) is 17.2. The summed E-state index contributed by atoms with van der Waals surface area (Å²) in [4.78, 5) is 0. The Morgan fingerprint density at radius 2 is 1.13 bits per heavy atom. The Bertz CT molecular complexity index is 213. The molecule has 0 spiro atoms. The Balaban J connectivity index is 5.59. The van der Waals surface area contributed by atoms with Crippen LogP contribution < -0.4 is 0 Å². The molecule has 0 atom stereocenters. The van der Waals surface area contributed by atoms with Crippen LogP contribution in [0.2, 0.25) is 0 Å². The second kappa shape index (κ2) is 4.04. The van der Waals surface area contributed by atoms with Gasteiger partial charge in [-0.1, -0.05) is 0 Å². The Morgan fingerprint density at radius 1 is 0.867 bits per heavy atom. The van der Waals surface area contributed by atoms with E-state index < -0.39 is 5.31 Å². The number of hydrogen-bond acceptors (Lipinski definition) is 0. The zero-order valence-corrected chi connectivity index (χ0v) is 13.9. The first-order valence-electron chi connectivity index (χ1n) is 5.66. The van der Waals surface area contributed by atoms with Crippen molar-refractivity contribution in [3.8, 4) is 0 Å². The maximum atomic E-state index is 7.04. The third-order valence-corrected chi connectivity index (χ3v) is 16.9. The number of halogens is 2. The number of hydrogen-bond donors (Lipinski definition) is 0. The van der Waals surface area contributed by atoms with Gasteiger partial charge in [-0.05, 0) is 0 Å². The molecule has 0 aromatic heterocycles. The SMILES string of the molecule is CC(C)CP(Cl)(Cl)(C(C)(C)C)C(C)(C)C. The molecular formula is C12H27Cl2P. The van der Waals surface area contributed by atoms with Crippen molar-refractivity contribution in [2.24, 2.45) is 5.92 Å². The summed E-state index contributed by atoms with van der Waals surface area (Å²) in [6, 6.07) is 0. The average Bonchev–Trinajstić information content (AvgIpc) is 1.77. The summed E-state index contributed by atoms with van der Waals surface area (Å²) in [7, 11) is 0. The van der Waals surface area contributed by atoms with Crippen molar-refractivity contribution in [3.05, 3.63) is 0 Å². The van der Waals surface area contributed by atoms with Crippen LogP contribution in [0.5, 0.6) is 0 Å².